The van der Waals surface area contributed by atoms with Crippen LogP contribution in [0.3, 0.4) is 0 Å². The normalized spacial score (nSPS) is 24.1. The maximum Gasteiger partial charge on any atom is 0.304 e. The van der Waals surface area contributed by atoms with Crippen LogP contribution in [-0.4, -0.2) is 31.4 Å². The molecule has 0 unspecified atom stereocenters. The molecule has 0 spiro atoms. The molecule has 1 aliphatic carbocycles. The lowest BCUT2D eigenvalue weighted by Crippen LogP contribution is -2.32. The van der Waals surface area contributed by atoms with E-state index in [1.54, 1.807) is 0 Å². The van der Waals surface area contributed by atoms with Crippen molar-refractivity contribution in [2.45, 2.75) is 45.6 Å². The van der Waals surface area contributed by atoms with Gasteiger partial charge in [-0.25, -0.2) is 0 Å². The quantitative estimate of drug-likeness (QED) is 0.543. The van der Waals surface area contributed by atoms with Gasteiger partial charge in [0.25, 0.3) is 0 Å². The van der Waals surface area contributed by atoms with Gasteiger partial charge in [0.1, 0.15) is 0 Å². The largest absolute Gasteiger partial charge is 0.465 e. The highest BCUT2D eigenvalue weighted by atomic mass is 16.7. The number of carbonyl (C=O) groups is 2. The van der Waals surface area contributed by atoms with Crippen LogP contribution in [-0.2, 0) is 23.8 Å². The smallest absolute Gasteiger partial charge is 0.304 e. The summed E-state index contributed by atoms with van der Waals surface area (Å²) < 4.78 is 15.3. The Morgan fingerprint density at radius 2 is 1.71 bits per heavy atom. The molecule has 0 aromatic heterocycles. The lowest BCUT2D eigenvalue weighted by atomic mass is 9.87. The Morgan fingerprint density at radius 3 is 2.35 bits per heavy atom. The third-order valence-corrected chi connectivity index (χ3v) is 2.88. The highest BCUT2D eigenvalue weighted by Crippen LogP contribution is 2.27. The molecule has 0 bridgehead atoms. The van der Waals surface area contributed by atoms with Crippen LogP contribution >= 0.6 is 0 Å². The van der Waals surface area contributed by atoms with E-state index in [0.717, 1.165) is 25.7 Å². The molecule has 0 aromatic rings. The molecule has 0 N–H and O–H groups in total. The van der Waals surface area contributed by atoms with Crippen LogP contribution in [0.15, 0.2) is 0 Å². The van der Waals surface area contributed by atoms with E-state index in [-0.39, 0.29) is 30.8 Å². The number of esters is 2. The molecular weight excluding hydrogens is 224 g/mol. The minimum atomic E-state index is -0.350. The summed E-state index contributed by atoms with van der Waals surface area (Å²) in [6.07, 6.45) is 4.15. The number of hydrogen-bond donors (Lipinski definition) is 0. The molecule has 5 nitrogen and oxygen atoms in total. The van der Waals surface area contributed by atoms with E-state index >= 15 is 0 Å². The van der Waals surface area contributed by atoms with Crippen LogP contribution in [0.25, 0.3) is 0 Å². The van der Waals surface area contributed by atoms with Gasteiger partial charge in [-0.3, -0.25) is 9.59 Å². The van der Waals surface area contributed by atoms with Crippen LogP contribution in [0.4, 0.5) is 0 Å². The fourth-order valence-electron chi connectivity index (χ4n) is 2.01. The highest BCUT2D eigenvalue weighted by Gasteiger charge is 2.26. The average Bonchev–Trinajstić information content (AvgIpc) is 2.27. The van der Waals surface area contributed by atoms with Gasteiger partial charge in [0.2, 0.25) is 0 Å². The minimum Gasteiger partial charge on any atom is -0.465 e. The van der Waals surface area contributed by atoms with E-state index in [0.29, 0.717) is 6.61 Å². The molecule has 0 radical (unpaired) electrons. The second-order valence-electron chi connectivity index (χ2n) is 4.31. The van der Waals surface area contributed by atoms with Crippen LogP contribution in [0.1, 0.15) is 39.5 Å². The molecule has 1 rings (SSSR count). The summed E-state index contributed by atoms with van der Waals surface area (Å²) in [5.74, 6) is -0.408. The zero-order chi connectivity index (χ0) is 12.7. The van der Waals surface area contributed by atoms with Crippen molar-refractivity contribution in [3.8, 4) is 0 Å². The van der Waals surface area contributed by atoms with E-state index in [9.17, 15) is 9.59 Å². The van der Waals surface area contributed by atoms with E-state index < -0.39 is 0 Å². The third kappa shape index (κ3) is 5.68. The van der Waals surface area contributed by atoms with Gasteiger partial charge >= 0.3 is 11.9 Å². The van der Waals surface area contributed by atoms with Crippen molar-refractivity contribution in [3.05, 3.63) is 0 Å². The summed E-state index contributed by atoms with van der Waals surface area (Å²) in [6.45, 7) is 3.12. The molecule has 5 heteroatoms. The Labute approximate surface area is 101 Å². The zero-order valence-electron chi connectivity index (χ0n) is 10.4. The summed E-state index contributed by atoms with van der Waals surface area (Å²) in [5, 5.41) is 0. The van der Waals surface area contributed by atoms with E-state index in [2.05, 4.69) is 0 Å². The maximum absolute atomic E-state index is 10.8. The minimum absolute atomic E-state index is 0.0162. The number of ether oxygens (including phenoxy) is 3. The van der Waals surface area contributed by atoms with Crippen LogP contribution in [0.2, 0.25) is 0 Å². The van der Waals surface area contributed by atoms with Crippen molar-refractivity contribution < 1.29 is 23.8 Å². The summed E-state index contributed by atoms with van der Waals surface area (Å²) in [6, 6.07) is 0. The van der Waals surface area contributed by atoms with Crippen molar-refractivity contribution in [1.29, 1.82) is 0 Å². The second-order valence-corrected chi connectivity index (χ2v) is 4.31. The lowest BCUT2D eigenvalue weighted by Gasteiger charge is -2.30. The highest BCUT2D eigenvalue weighted by molar-refractivity contribution is 5.66. The van der Waals surface area contributed by atoms with Crippen molar-refractivity contribution in [1.82, 2.24) is 0 Å². The van der Waals surface area contributed by atoms with E-state index in [1.165, 1.54) is 13.8 Å². The van der Waals surface area contributed by atoms with Crippen LogP contribution in [0.5, 0.6) is 0 Å². The summed E-state index contributed by atoms with van der Waals surface area (Å²) >= 11 is 0. The van der Waals surface area contributed by atoms with Gasteiger partial charge in [0.15, 0.2) is 6.79 Å². The molecule has 0 aliphatic heterocycles. The Kier molecular flexibility index (Phi) is 5.97. The molecule has 1 aliphatic rings. The first kappa shape index (κ1) is 14.0. The predicted molar refractivity (Wildman–Crippen MR) is 60.1 cm³/mol. The monoisotopic (exact) mass is 244 g/mol. The SMILES string of the molecule is CC(=O)OCO[C@H]1CCCC[C@@H]1COC(C)=O. The first-order valence-electron chi connectivity index (χ1n) is 5.98. The second kappa shape index (κ2) is 7.27. The molecular formula is C12H20O5. The molecule has 0 heterocycles. The predicted octanol–water partition coefficient (Wildman–Crippen LogP) is 1.65. The Hall–Kier alpha value is -1.10. The molecule has 1 saturated carbocycles. The molecule has 0 saturated heterocycles. The van der Waals surface area contributed by atoms with Gasteiger partial charge in [-0.2, -0.15) is 0 Å². The number of rotatable bonds is 5. The topological polar surface area (TPSA) is 61.8 Å². The van der Waals surface area contributed by atoms with Gasteiger partial charge in [0, 0.05) is 19.8 Å². The standard InChI is InChI=1S/C12H20O5/c1-9(13)15-7-11-5-3-4-6-12(11)17-8-16-10(2)14/h11-12H,3-8H2,1-2H3/t11-,12+/m1/s1. The van der Waals surface area contributed by atoms with Crippen molar-refractivity contribution in [2.75, 3.05) is 13.4 Å². The van der Waals surface area contributed by atoms with Crippen molar-refractivity contribution >= 4 is 11.9 Å². The average molecular weight is 244 g/mol. The summed E-state index contributed by atoms with van der Waals surface area (Å²) in [4.78, 5) is 21.4. The van der Waals surface area contributed by atoms with Crippen molar-refractivity contribution in [3.63, 3.8) is 0 Å². The van der Waals surface area contributed by atoms with E-state index in [4.69, 9.17) is 14.2 Å². The van der Waals surface area contributed by atoms with Crippen LogP contribution < -0.4 is 0 Å². The van der Waals surface area contributed by atoms with Crippen LogP contribution in [0, 0.1) is 5.92 Å². The molecule has 2 atom stereocenters. The van der Waals surface area contributed by atoms with Gasteiger partial charge in [0.05, 0.1) is 12.7 Å². The summed E-state index contributed by atoms with van der Waals surface area (Å²) in [7, 11) is 0. The number of hydrogen-bond acceptors (Lipinski definition) is 5. The Morgan fingerprint density at radius 1 is 1.06 bits per heavy atom. The number of carbonyl (C=O) groups excluding carboxylic acids is 2. The molecule has 1 fully saturated rings. The Bertz CT molecular complexity index is 264. The molecule has 0 amide bonds. The lowest BCUT2D eigenvalue weighted by molar-refractivity contribution is -0.165. The fraction of sp³-hybridized carbons (Fsp3) is 0.833. The van der Waals surface area contributed by atoms with Crippen molar-refractivity contribution in [2.24, 2.45) is 5.92 Å². The zero-order valence-corrected chi connectivity index (χ0v) is 10.4. The third-order valence-electron chi connectivity index (χ3n) is 2.88. The van der Waals surface area contributed by atoms with Gasteiger partial charge in [-0.15, -0.1) is 0 Å². The van der Waals surface area contributed by atoms with E-state index in [1.807, 2.05) is 0 Å². The first-order chi connectivity index (χ1) is 8.09. The van der Waals surface area contributed by atoms with Gasteiger partial charge < -0.3 is 14.2 Å². The van der Waals surface area contributed by atoms with Gasteiger partial charge in [-0.1, -0.05) is 12.8 Å². The molecule has 17 heavy (non-hydrogen) atoms. The molecule has 98 valence electrons. The molecule has 0 aromatic carbocycles. The maximum atomic E-state index is 10.8. The summed E-state index contributed by atoms with van der Waals surface area (Å²) in [5.41, 5.74) is 0. The first-order valence-corrected chi connectivity index (χ1v) is 5.98. The van der Waals surface area contributed by atoms with Gasteiger partial charge in [-0.05, 0) is 12.8 Å². The fourth-order valence-corrected chi connectivity index (χ4v) is 2.01. The Balaban J connectivity index is 2.31.